The van der Waals surface area contributed by atoms with Gasteiger partial charge in [0, 0.05) is 29.2 Å². The third-order valence-electron chi connectivity index (χ3n) is 4.55. The number of carboxylic acids is 1. The van der Waals surface area contributed by atoms with Gasteiger partial charge in [-0.2, -0.15) is 10.2 Å². The lowest BCUT2D eigenvalue weighted by molar-refractivity contribution is -0.163. The number of aliphatic hydroxyl groups is 1. The second kappa shape index (κ2) is 6.52. The van der Waals surface area contributed by atoms with Crippen molar-refractivity contribution in [1.29, 1.82) is 0 Å². The molecule has 1 fully saturated rings. The second-order valence-corrected chi connectivity index (χ2v) is 7.22. The smallest absolute Gasteiger partial charge is 0.353 e. The first-order chi connectivity index (χ1) is 11.4. The fourth-order valence-corrected chi connectivity index (χ4v) is 4.70. The number of β-lactam (4-membered cyclic amide) rings is 1. The fraction of sp³-hybridized carbons (Fsp3) is 0.500. The Morgan fingerprint density at radius 2 is 2.25 bits per heavy atom. The zero-order valence-corrected chi connectivity index (χ0v) is 14.2. The van der Waals surface area contributed by atoms with E-state index >= 15 is 0 Å². The molecule has 0 radical (unpaired) electrons. The van der Waals surface area contributed by atoms with Crippen molar-refractivity contribution < 1.29 is 19.8 Å². The third kappa shape index (κ3) is 2.69. The van der Waals surface area contributed by atoms with Crippen LogP contribution in [-0.4, -0.2) is 55.1 Å². The monoisotopic (exact) mass is 349 g/mol. The number of carboxylic acid groups (broad SMARTS) is 1. The van der Waals surface area contributed by atoms with Crippen LogP contribution >= 0.6 is 11.8 Å². The van der Waals surface area contributed by atoms with Crippen molar-refractivity contribution >= 4 is 23.6 Å². The molecule has 1 amide bonds. The molecule has 3 rings (SSSR count). The Kier molecular flexibility index (Phi) is 4.60. The van der Waals surface area contributed by atoms with Gasteiger partial charge in [0.2, 0.25) is 5.91 Å². The van der Waals surface area contributed by atoms with Crippen LogP contribution in [0.15, 0.2) is 28.9 Å². The summed E-state index contributed by atoms with van der Waals surface area (Å²) >= 11 is 1.44. The van der Waals surface area contributed by atoms with Crippen molar-refractivity contribution in [2.75, 3.05) is 5.75 Å². The van der Waals surface area contributed by atoms with Crippen LogP contribution < -0.4 is 0 Å². The van der Waals surface area contributed by atoms with Crippen molar-refractivity contribution in [3.05, 3.63) is 34.6 Å². The average Bonchev–Trinajstić information content (AvgIpc) is 2.78. The largest absolute Gasteiger partial charge is 0.477 e. The molecule has 0 bridgehead atoms. The molecular formula is C16H19N3O4S. The lowest BCUT2D eigenvalue weighted by Crippen LogP contribution is -2.63. The van der Waals surface area contributed by atoms with E-state index in [1.807, 2.05) is 19.1 Å². The molecule has 24 heavy (non-hydrogen) atoms. The highest BCUT2D eigenvalue weighted by atomic mass is 32.2. The molecule has 2 N–H and O–H groups in total. The summed E-state index contributed by atoms with van der Waals surface area (Å²) in [4.78, 5) is 25.9. The van der Waals surface area contributed by atoms with E-state index in [2.05, 4.69) is 10.2 Å². The molecule has 7 nitrogen and oxygen atoms in total. The Hall–Kier alpha value is -1.93. The number of nitrogens with zero attached hydrogens (tertiary/aromatic N) is 3. The lowest BCUT2D eigenvalue weighted by Gasteiger charge is -2.46. The molecule has 0 saturated carbocycles. The first kappa shape index (κ1) is 16.9. The Balaban J connectivity index is 1.76. The Labute approximate surface area is 143 Å². The summed E-state index contributed by atoms with van der Waals surface area (Å²) in [5.74, 6) is -1.36. The number of hydrogen-bond donors (Lipinski definition) is 2. The summed E-state index contributed by atoms with van der Waals surface area (Å²) in [7, 11) is 0. The molecule has 0 spiro atoms. The van der Waals surface area contributed by atoms with Gasteiger partial charge in [-0.1, -0.05) is 6.92 Å². The molecule has 8 heteroatoms. The van der Waals surface area contributed by atoms with Crippen molar-refractivity contribution in [1.82, 2.24) is 15.1 Å². The number of hydrogen-bond acceptors (Lipinski definition) is 6. The zero-order chi connectivity index (χ0) is 17.4. The van der Waals surface area contributed by atoms with Crippen molar-refractivity contribution in [2.24, 2.45) is 11.8 Å². The summed E-state index contributed by atoms with van der Waals surface area (Å²) in [6.07, 6.45) is 1.49. The highest BCUT2D eigenvalue weighted by molar-refractivity contribution is 8.03. The maximum Gasteiger partial charge on any atom is 0.353 e. The van der Waals surface area contributed by atoms with Gasteiger partial charge in [0.05, 0.1) is 23.8 Å². The molecule has 0 aromatic carbocycles. The summed E-state index contributed by atoms with van der Waals surface area (Å²) in [5, 5.41) is 27.2. The second-order valence-electron chi connectivity index (χ2n) is 6.09. The number of carbonyl (C=O) groups is 2. The number of thioether (sulfide) groups is 1. The average molecular weight is 349 g/mol. The van der Waals surface area contributed by atoms with Crippen LogP contribution in [0, 0.1) is 11.8 Å². The van der Waals surface area contributed by atoms with E-state index in [0.717, 1.165) is 5.69 Å². The molecule has 1 saturated heterocycles. The maximum absolute atomic E-state index is 12.2. The number of amides is 1. The molecular weight excluding hydrogens is 330 g/mol. The highest BCUT2D eigenvalue weighted by Crippen LogP contribution is 2.50. The zero-order valence-electron chi connectivity index (χ0n) is 13.4. The van der Waals surface area contributed by atoms with Gasteiger partial charge in [0.1, 0.15) is 5.70 Å². The van der Waals surface area contributed by atoms with Crippen LogP contribution in [-0.2, 0) is 16.0 Å². The maximum atomic E-state index is 12.2. The summed E-state index contributed by atoms with van der Waals surface area (Å²) < 4.78 is 0. The van der Waals surface area contributed by atoms with Crippen LogP contribution in [0.4, 0.5) is 0 Å². The molecule has 1 aromatic heterocycles. The number of aromatic nitrogens is 2. The van der Waals surface area contributed by atoms with E-state index in [0.29, 0.717) is 17.1 Å². The number of aliphatic hydroxyl groups excluding tert-OH is 1. The minimum absolute atomic E-state index is 0.0681. The predicted molar refractivity (Wildman–Crippen MR) is 87.8 cm³/mol. The predicted octanol–water partition coefficient (Wildman–Crippen LogP) is 0.906. The van der Waals surface area contributed by atoms with Crippen LogP contribution in [0.3, 0.4) is 0 Å². The number of aryl methyl sites for hydroxylation is 1. The Morgan fingerprint density at radius 1 is 1.50 bits per heavy atom. The van der Waals surface area contributed by atoms with Gasteiger partial charge in [-0.25, -0.2) is 4.79 Å². The van der Waals surface area contributed by atoms with Crippen LogP contribution in [0.25, 0.3) is 0 Å². The van der Waals surface area contributed by atoms with Crippen molar-refractivity contribution in [3.8, 4) is 0 Å². The molecule has 0 unspecified atom stereocenters. The first-order valence-electron chi connectivity index (χ1n) is 7.81. The number of carbonyl (C=O) groups excluding carboxylic acids is 1. The summed E-state index contributed by atoms with van der Waals surface area (Å²) in [6.45, 7) is 3.49. The fourth-order valence-electron chi connectivity index (χ4n) is 3.45. The molecule has 2 aliphatic heterocycles. The molecule has 0 aliphatic carbocycles. The van der Waals surface area contributed by atoms with Crippen LogP contribution in [0.2, 0.25) is 0 Å². The first-order valence-corrected chi connectivity index (χ1v) is 8.80. The van der Waals surface area contributed by atoms with Gasteiger partial charge < -0.3 is 15.1 Å². The van der Waals surface area contributed by atoms with E-state index < -0.39 is 18.0 Å². The topological polar surface area (TPSA) is 104 Å². The summed E-state index contributed by atoms with van der Waals surface area (Å²) in [5.41, 5.74) is 0.910. The minimum Gasteiger partial charge on any atom is -0.477 e. The molecule has 2 aliphatic rings. The number of fused-ring (bicyclic) bond motifs is 1. The van der Waals surface area contributed by atoms with Gasteiger partial charge in [-0.15, -0.1) is 11.8 Å². The summed E-state index contributed by atoms with van der Waals surface area (Å²) in [6, 6.07) is 3.42. The van der Waals surface area contributed by atoms with Crippen LogP contribution in [0.1, 0.15) is 19.5 Å². The molecule has 128 valence electrons. The van der Waals surface area contributed by atoms with E-state index in [-0.39, 0.29) is 23.6 Å². The van der Waals surface area contributed by atoms with E-state index in [4.69, 9.17) is 0 Å². The van der Waals surface area contributed by atoms with Gasteiger partial charge in [0.25, 0.3) is 0 Å². The normalized spacial score (nSPS) is 27.0. The lowest BCUT2D eigenvalue weighted by atomic mass is 9.79. The van der Waals surface area contributed by atoms with Gasteiger partial charge in [0.15, 0.2) is 0 Å². The van der Waals surface area contributed by atoms with Crippen molar-refractivity contribution in [2.45, 2.75) is 32.4 Å². The third-order valence-corrected chi connectivity index (χ3v) is 5.84. The molecule has 3 heterocycles. The minimum atomic E-state index is -1.09. The van der Waals surface area contributed by atoms with E-state index in [9.17, 15) is 19.8 Å². The highest BCUT2D eigenvalue weighted by Gasteiger charge is 2.59. The van der Waals surface area contributed by atoms with Gasteiger partial charge in [-0.3, -0.25) is 4.79 Å². The number of rotatable bonds is 6. The van der Waals surface area contributed by atoms with E-state index in [1.165, 1.54) is 16.7 Å². The number of aliphatic carboxylic acids is 1. The Bertz CT molecular complexity index is 692. The van der Waals surface area contributed by atoms with Crippen molar-refractivity contribution in [3.63, 3.8) is 0 Å². The quantitative estimate of drug-likeness (QED) is 0.736. The standard InChI is InChI=1S/C16H19N3O4S/c1-8-12-11(9(2)20)15(21)19(12)13(16(22)23)14(8)24-7-5-10-4-3-6-17-18-10/h3-4,6,8-9,11-12,20H,5,7H2,1-2H3,(H,22,23)/t8-,9-,11-,12-/m1/s1. The SMILES string of the molecule is C[C@@H](O)[C@H]1C(=O)N2C(C(=O)O)=C(SCCc3cccnn3)[C@H](C)[C@H]12. The molecule has 1 aromatic rings. The van der Waals surface area contributed by atoms with Gasteiger partial charge >= 0.3 is 5.97 Å². The van der Waals surface area contributed by atoms with Gasteiger partial charge in [-0.05, 0) is 19.1 Å². The Morgan fingerprint density at radius 3 is 2.83 bits per heavy atom. The van der Waals surface area contributed by atoms with E-state index in [1.54, 1.807) is 13.1 Å². The molecule has 4 atom stereocenters. The van der Waals surface area contributed by atoms with Crippen LogP contribution in [0.5, 0.6) is 0 Å².